The summed E-state index contributed by atoms with van der Waals surface area (Å²) in [4.78, 5) is 2.46. The van der Waals surface area contributed by atoms with Gasteiger partial charge in [0.25, 0.3) is 0 Å². The first kappa shape index (κ1) is 30.5. The maximum Gasteiger partial charge on any atom is 0.122 e. The van der Waals surface area contributed by atoms with Crippen LogP contribution in [0.5, 0.6) is 11.5 Å². The summed E-state index contributed by atoms with van der Waals surface area (Å²) in [5.41, 5.74) is 2.56. The van der Waals surface area contributed by atoms with Crippen molar-refractivity contribution >= 4 is 0 Å². The van der Waals surface area contributed by atoms with E-state index in [4.69, 9.17) is 14.2 Å². The van der Waals surface area contributed by atoms with Gasteiger partial charge in [0.2, 0.25) is 0 Å². The fraction of sp³-hybridized carbons (Fsp3) is 0.647. The van der Waals surface area contributed by atoms with Gasteiger partial charge in [0, 0.05) is 19.2 Å². The minimum atomic E-state index is 0.374. The number of likely N-dealkylation sites (tertiary alicyclic amines) is 1. The van der Waals surface area contributed by atoms with Crippen LogP contribution in [0.3, 0.4) is 0 Å². The van der Waals surface area contributed by atoms with Crippen molar-refractivity contribution in [1.82, 2.24) is 4.90 Å². The molecule has 0 aliphatic carbocycles. The molecule has 2 aromatic carbocycles. The van der Waals surface area contributed by atoms with Gasteiger partial charge in [-0.15, -0.1) is 0 Å². The number of hydrogen-bond donors (Lipinski definition) is 0. The zero-order chi connectivity index (χ0) is 26.8. The lowest BCUT2D eigenvalue weighted by Crippen LogP contribution is -2.27. The Morgan fingerprint density at radius 1 is 0.816 bits per heavy atom. The molecule has 3 rings (SSSR count). The van der Waals surface area contributed by atoms with E-state index in [0.29, 0.717) is 12.1 Å². The Bertz CT molecular complexity index is 886. The maximum atomic E-state index is 6.30. The predicted molar refractivity (Wildman–Crippen MR) is 160 cm³/mol. The standard InChI is InChI=1S/C34H53NO3/c1-4-5-6-7-8-9-10-11-12-15-24-37-33-27-31(35(2)28-33)23-25-38-34-20-14-13-18-30(34)22-21-29-17-16-19-32(26-29)36-3/h13-14,16-20,26,31,33H,4-12,15,21-25,27-28H2,1-3H3/t31-,33-/m1/s1. The quantitative estimate of drug-likeness (QED) is 0.163. The average Bonchev–Trinajstić information content (AvgIpc) is 3.30. The first-order chi connectivity index (χ1) is 18.7. The Morgan fingerprint density at radius 2 is 1.55 bits per heavy atom. The normalized spacial score (nSPS) is 17.7. The van der Waals surface area contributed by atoms with Gasteiger partial charge in [-0.05, 0) is 68.5 Å². The Kier molecular flexibility index (Phi) is 14.7. The van der Waals surface area contributed by atoms with Crippen molar-refractivity contribution in [1.29, 1.82) is 0 Å². The van der Waals surface area contributed by atoms with E-state index in [9.17, 15) is 0 Å². The largest absolute Gasteiger partial charge is 0.497 e. The number of nitrogens with zero attached hydrogens (tertiary/aromatic N) is 1. The first-order valence-corrected chi connectivity index (χ1v) is 15.3. The van der Waals surface area contributed by atoms with Gasteiger partial charge < -0.3 is 19.1 Å². The molecule has 1 saturated heterocycles. The molecule has 1 aliphatic heterocycles. The maximum absolute atomic E-state index is 6.30. The third-order valence-corrected chi connectivity index (χ3v) is 8.00. The predicted octanol–water partition coefficient (Wildman–Crippen LogP) is 8.26. The number of aryl methyl sites for hydroxylation is 2. The second-order valence-corrected chi connectivity index (χ2v) is 11.1. The van der Waals surface area contributed by atoms with Gasteiger partial charge in [0.1, 0.15) is 11.5 Å². The minimum absolute atomic E-state index is 0.374. The summed E-state index contributed by atoms with van der Waals surface area (Å²) in [6.07, 6.45) is 18.2. The highest BCUT2D eigenvalue weighted by molar-refractivity contribution is 5.35. The van der Waals surface area contributed by atoms with Crippen molar-refractivity contribution in [3.63, 3.8) is 0 Å². The topological polar surface area (TPSA) is 30.9 Å². The van der Waals surface area contributed by atoms with Crippen LogP contribution in [0.4, 0.5) is 0 Å². The first-order valence-electron chi connectivity index (χ1n) is 15.3. The molecule has 2 atom stereocenters. The molecule has 4 heteroatoms. The van der Waals surface area contributed by atoms with E-state index in [1.165, 1.54) is 75.3 Å². The van der Waals surface area contributed by atoms with Crippen LogP contribution >= 0.6 is 0 Å². The highest BCUT2D eigenvalue weighted by Crippen LogP contribution is 2.25. The Morgan fingerprint density at radius 3 is 2.32 bits per heavy atom. The molecule has 1 aliphatic rings. The highest BCUT2D eigenvalue weighted by atomic mass is 16.5. The summed E-state index contributed by atoms with van der Waals surface area (Å²) < 4.78 is 17.9. The fourth-order valence-corrected chi connectivity index (χ4v) is 5.59. The van der Waals surface area contributed by atoms with Gasteiger partial charge >= 0.3 is 0 Å². The monoisotopic (exact) mass is 523 g/mol. The third-order valence-electron chi connectivity index (χ3n) is 8.00. The smallest absolute Gasteiger partial charge is 0.122 e. The highest BCUT2D eigenvalue weighted by Gasteiger charge is 2.29. The molecule has 0 aromatic heterocycles. The zero-order valence-corrected chi connectivity index (χ0v) is 24.5. The number of hydrogen-bond acceptors (Lipinski definition) is 4. The van der Waals surface area contributed by atoms with E-state index in [2.05, 4.69) is 61.3 Å². The van der Waals surface area contributed by atoms with Crippen LogP contribution < -0.4 is 9.47 Å². The van der Waals surface area contributed by atoms with Crippen LogP contribution in [-0.4, -0.2) is 51.0 Å². The van der Waals surface area contributed by atoms with Crippen LogP contribution in [0.15, 0.2) is 48.5 Å². The molecule has 1 fully saturated rings. The van der Waals surface area contributed by atoms with Gasteiger partial charge in [0.05, 0.1) is 19.8 Å². The molecule has 0 unspecified atom stereocenters. The molecular formula is C34H53NO3. The molecule has 0 N–H and O–H groups in total. The van der Waals surface area contributed by atoms with Crippen LogP contribution in [-0.2, 0) is 17.6 Å². The van der Waals surface area contributed by atoms with E-state index in [1.807, 2.05) is 6.07 Å². The summed E-state index contributed by atoms with van der Waals surface area (Å²) in [6.45, 7) is 4.99. The van der Waals surface area contributed by atoms with Gasteiger partial charge in [-0.2, -0.15) is 0 Å². The summed E-state index contributed by atoms with van der Waals surface area (Å²) in [5, 5.41) is 0. The molecule has 2 aromatic rings. The van der Waals surface area contributed by atoms with Gasteiger partial charge in [-0.1, -0.05) is 95.0 Å². The fourth-order valence-electron chi connectivity index (χ4n) is 5.59. The average molecular weight is 524 g/mol. The third kappa shape index (κ3) is 11.4. The second-order valence-electron chi connectivity index (χ2n) is 11.1. The van der Waals surface area contributed by atoms with Crippen LogP contribution in [0.2, 0.25) is 0 Å². The molecular weight excluding hydrogens is 470 g/mol. The minimum Gasteiger partial charge on any atom is -0.497 e. The summed E-state index contributed by atoms with van der Waals surface area (Å²) in [7, 11) is 3.95. The van der Waals surface area contributed by atoms with Crippen molar-refractivity contribution in [2.24, 2.45) is 0 Å². The number of para-hydroxylation sites is 1. The van der Waals surface area contributed by atoms with Gasteiger partial charge in [-0.3, -0.25) is 0 Å². The van der Waals surface area contributed by atoms with Crippen molar-refractivity contribution in [2.45, 2.75) is 109 Å². The molecule has 0 bridgehead atoms. The molecule has 0 amide bonds. The number of unbranched alkanes of at least 4 members (excludes halogenated alkanes) is 9. The molecule has 0 saturated carbocycles. The van der Waals surface area contributed by atoms with Crippen LogP contribution in [0.25, 0.3) is 0 Å². The SMILES string of the molecule is CCCCCCCCCCCCO[C@@H]1C[C@@H](CCOc2ccccc2CCc2cccc(OC)c2)N(C)C1. The summed E-state index contributed by atoms with van der Waals surface area (Å²) >= 11 is 0. The summed E-state index contributed by atoms with van der Waals surface area (Å²) in [6, 6.07) is 17.4. The molecule has 212 valence electrons. The Labute approximate surface area is 233 Å². The molecule has 0 spiro atoms. The van der Waals surface area contributed by atoms with Crippen molar-refractivity contribution < 1.29 is 14.2 Å². The number of benzene rings is 2. The molecule has 1 heterocycles. The second kappa shape index (κ2) is 18.3. The number of rotatable bonds is 20. The number of ether oxygens (including phenoxy) is 3. The zero-order valence-electron chi connectivity index (χ0n) is 24.5. The van der Waals surface area contributed by atoms with E-state index < -0.39 is 0 Å². The van der Waals surface area contributed by atoms with E-state index in [0.717, 1.165) is 56.9 Å². The van der Waals surface area contributed by atoms with E-state index >= 15 is 0 Å². The van der Waals surface area contributed by atoms with Crippen LogP contribution in [0.1, 0.15) is 95.1 Å². The number of methoxy groups -OCH3 is 1. The van der Waals surface area contributed by atoms with E-state index in [1.54, 1.807) is 7.11 Å². The van der Waals surface area contributed by atoms with Gasteiger partial charge in [0.15, 0.2) is 0 Å². The van der Waals surface area contributed by atoms with Crippen molar-refractivity contribution in [3.8, 4) is 11.5 Å². The van der Waals surface area contributed by atoms with Crippen LogP contribution in [0, 0.1) is 0 Å². The van der Waals surface area contributed by atoms with E-state index in [-0.39, 0.29) is 0 Å². The lowest BCUT2D eigenvalue weighted by Gasteiger charge is -2.19. The van der Waals surface area contributed by atoms with Crippen molar-refractivity contribution in [2.75, 3.05) is 33.9 Å². The Hall–Kier alpha value is -2.04. The molecule has 0 radical (unpaired) electrons. The Balaban J connectivity index is 1.28. The number of likely N-dealkylation sites (N-methyl/N-ethyl adjacent to an activating group) is 1. The summed E-state index contributed by atoms with van der Waals surface area (Å²) in [5.74, 6) is 1.93. The van der Waals surface area contributed by atoms with Gasteiger partial charge in [-0.25, -0.2) is 0 Å². The molecule has 38 heavy (non-hydrogen) atoms. The van der Waals surface area contributed by atoms with Crippen molar-refractivity contribution in [3.05, 3.63) is 59.7 Å². The lowest BCUT2D eigenvalue weighted by molar-refractivity contribution is 0.0578. The lowest BCUT2D eigenvalue weighted by atomic mass is 10.0. The molecule has 4 nitrogen and oxygen atoms in total.